The standard InChI is InChI=1S/C22H20F3N5O2/c23-14-4-1-5-15(24)19(14)20-16(25)6-7-17(29-20)21(31)30-18-10-27-12-28-22(18)32-11-13-3-2-8-26-9-13/h1,4-7,10,12-13,26H,2-3,8-9,11H2,(H,30,31). The SMILES string of the molecule is O=C(Nc1cncnc1OCC1CCCNC1)c1ccc(F)c(-c2c(F)cccc2F)n1. The van der Waals surface area contributed by atoms with Crippen molar-refractivity contribution >= 4 is 11.6 Å². The molecule has 32 heavy (non-hydrogen) atoms. The van der Waals surface area contributed by atoms with E-state index in [1.807, 2.05) is 0 Å². The fourth-order valence-electron chi connectivity index (χ4n) is 3.44. The van der Waals surface area contributed by atoms with Crippen molar-refractivity contribution in [2.75, 3.05) is 25.0 Å². The lowest BCUT2D eigenvalue weighted by atomic mass is 10.0. The van der Waals surface area contributed by atoms with Gasteiger partial charge in [0.2, 0.25) is 5.88 Å². The molecule has 0 aliphatic carbocycles. The van der Waals surface area contributed by atoms with Crippen LogP contribution in [0.2, 0.25) is 0 Å². The van der Waals surface area contributed by atoms with Gasteiger partial charge in [-0.15, -0.1) is 0 Å². The van der Waals surface area contributed by atoms with Gasteiger partial charge in [0.15, 0.2) is 0 Å². The minimum absolute atomic E-state index is 0.182. The lowest BCUT2D eigenvalue weighted by Gasteiger charge is -2.22. The lowest BCUT2D eigenvalue weighted by Crippen LogP contribution is -2.33. The second kappa shape index (κ2) is 9.73. The number of nitrogens with one attached hydrogen (secondary N) is 2. The molecule has 1 aliphatic rings. The van der Waals surface area contributed by atoms with Crippen LogP contribution in [0.25, 0.3) is 11.3 Å². The van der Waals surface area contributed by atoms with E-state index in [9.17, 15) is 18.0 Å². The molecule has 0 spiro atoms. The molecule has 1 aromatic carbocycles. The number of carbonyl (C=O) groups is 1. The molecule has 1 saturated heterocycles. The number of benzene rings is 1. The molecule has 3 aromatic rings. The molecule has 166 valence electrons. The highest BCUT2D eigenvalue weighted by Gasteiger charge is 2.21. The van der Waals surface area contributed by atoms with Crippen molar-refractivity contribution in [1.29, 1.82) is 0 Å². The molecule has 0 bridgehead atoms. The summed E-state index contributed by atoms with van der Waals surface area (Å²) in [6.07, 6.45) is 4.73. The maximum absolute atomic E-state index is 14.3. The van der Waals surface area contributed by atoms with E-state index in [2.05, 4.69) is 25.6 Å². The molecule has 1 amide bonds. The highest BCUT2D eigenvalue weighted by Crippen LogP contribution is 2.27. The Morgan fingerprint density at radius 2 is 1.97 bits per heavy atom. The van der Waals surface area contributed by atoms with Gasteiger partial charge >= 0.3 is 0 Å². The van der Waals surface area contributed by atoms with Crippen LogP contribution in [-0.4, -0.2) is 40.6 Å². The Balaban J connectivity index is 1.54. The van der Waals surface area contributed by atoms with Crippen molar-refractivity contribution in [2.24, 2.45) is 5.92 Å². The summed E-state index contributed by atoms with van der Waals surface area (Å²) in [5, 5.41) is 5.86. The van der Waals surface area contributed by atoms with E-state index >= 15 is 0 Å². The molecule has 7 nitrogen and oxygen atoms in total. The van der Waals surface area contributed by atoms with Gasteiger partial charge in [0.1, 0.15) is 40.9 Å². The molecule has 2 aromatic heterocycles. The second-order valence-corrected chi connectivity index (χ2v) is 7.34. The van der Waals surface area contributed by atoms with E-state index in [4.69, 9.17) is 4.74 Å². The van der Waals surface area contributed by atoms with Gasteiger partial charge in [-0.05, 0) is 43.7 Å². The van der Waals surface area contributed by atoms with E-state index < -0.39 is 34.6 Å². The summed E-state index contributed by atoms with van der Waals surface area (Å²) in [7, 11) is 0. The third-order valence-corrected chi connectivity index (χ3v) is 5.06. The molecule has 1 unspecified atom stereocenters. The van der Waals surface area contributed by atoms with Crippen molar-refractivity contribution in [1.82, 2.24) is 20.3 Å². The van der Waals surface area contributed by atoms with Crippen LogP contribution in [0.15, 0.2) is 42.9 Å². The van der Waals surface area contributed by atoms with Crippen molar-refractivity contribution in [3.63, 3.8) is 0 Å². The number of halogens is 3. The fraction of sp³-hybridized carbons (Fsp3) is 0.273. The van der Waals surface area contributed by atoms with Gasteiger partial charge in [-0.2, -0.15) is 4.98 Å². The average Bonchev–Trinajstić information content (AvgIpc) is 2.80. The van der Waals surface area contributed by atoms with Crippen molar-refractivity contribution in [3.05, 3.63) is 66.0 Å². The Morgan fingerprint density at radius 1 is 1.16 bits per heavy atom. The summed E-state index contributed by atoms with van der Waals surface area (Å²) in [5.74, 6) is -3.17. The maximum Gasteiger partial charge on any atom is 0.274 e. The van der Waals surface area contributed by atoms with Crippen molar-refractivity contribution < 1.29 is 22.7 Å². The average molecular weight is 443 g/mol. The predicted molar refractivity (Wildman–Crippen MR) is 111 cm³/mol. The monoisotopic (exact) mass is 443 g/mol. The van der Waals surface area contributed by atoms with E-state index in [0.717, 1.165) is 56.3 Å². The zero-order chi connectivity index (χ0) is 22.5. The summed E-state index contributed by atoms with van der Waals surface area (Å²) >= 11 is 0. The van der Waals surface area contributed by atoms with Gasteiger partial charge in [-0.1, -0.05) is 6.07 Å². The number of rotatable bonds is 6. The first-order valence-electron chi connectivity index (χ1n) is 10.1. The molecule has 1 fully saturated rings. The van der Waals surface area contributed by atoms with Crippen molar-refractivity contribution in [3.8, 4) is 17.1 Å². The molecule has 0 saturated carbocycles. The smallest absolute Gasteiger partial charge is 0.274 e. The molecule has 2 N–H and O–H groups in total. The third kappa shape index (κ3) is 4.86. The first-order valence-corrected chi connectivity index (χ1v) is 10.1. The van der Waals surface area contributed by atoms with E-state index in [0.29, 0.717) is 12.5 Å². The first-order chi connectivity index (χ1) is 15.5. The number of aromatic nitrogens is 3. The Bertz CT molecular complexity index is 1100. The lowest BCUT2D eigenvalue weighted by molar-refractivity contribution is 0.102. The van der Waals surface area contributed by atoms with Gasteiger partial charge in [0, 0.05) is 12.5 Å². The van der Waals surface area contributed by atoms with Gasteiger partial charge in [-0.3, -0.25) is 4.79 Å². The number of anilines is 1. The third-order valence-electron chi connectivity index (χ3n) is 5.06. The Morgan fingerprint density at radius 3 is 2.72 bits per heavy atom. The predicted octanol–water partition coefficient (Wildman–Crippen LogP) is 3.59. The number of nitrogens with zero attached hydrogens (tertiary/aromatic N) is 3. The van der Waals surface area contributed by atoms with E-state index in [1.54, 1.807) is 0 Å². The Kier molecular flexibility index (Phi) is 6.60. The highest BCUT2D eigenvalue weighted by atomic mass is 19.1. The zero-order valence-corrected chi connectivity index (χ0v) is 16.9. The van der Waals surface area contributed by atoms with Crippen LogP contribution < -0.4 is 15.4 Å². The highest BCUT2D eigenvalue weighted by molar-refractivity contribution is 6.03. The minimum atomic E-state index is -0.988. The Hall–Kier alpha value is -3.53. The molecular weight excluding hydrogens is 423 g/mol. The summed E-state index contributed by atoms with van der Waals surface area (Å²) in [4.78, 5) is 24.5. The summed E-state index contributed by atoms with van der Waals surface area (Å²) in [6.45, 7) is 2.23. The normalized spacial score (nSPS) is 15.9. The quantitative estimate of drug-likeness (QED) is 0.605. The van der Waals surface area contributed by atoms with Gasteiger partial charge in [0.05, 0.1) is 18.4 Å². The van der Waals surface area contributed by atoms with Crippen LogP contribution in [0.3, 0.4) is 0 Å². The molecule has 10 heteroatoms. The molecule has 4 rings (SSSR count). The topological polar surface area (TPSA) is 89.0 Å². The number of pyridine rings is 1. The minimum Gasteiger partial charge on any atom is -0.476 e. The number of carbonyl (C=O) groups excluding carboxylic acids is 1. The zero-order valence-electron chi connectivity index (χ0n) is 16.9. The fourth-order valence-corrected chi connectivity index (χ4v) is 3.44. The van der Waals surface area contributed by atoms with Crippen LogP contribution in [0, 0.1) is 23.4 Å². The van der Waals surface area contributed by atoms with Crippen LogP contribution >= 0.6 is 0 Å². The number of amides is 1. The molecule has 0 radical (unpaired) electrons. The molecule has 1 aliphatic heterocycles. The summed E-state index contributed by atoms with van der Waals surface area (Å²) in [5.41, 5.74) is -1.28. The van der Waals surface area contributed by atoms with E-state index in [-0.39, 0.29) is 17.3 Å². The largest absolute Gasteiger partial charge is 0.476 e. The first kappa shape index (κ1) is 21.7. The summed E-state index contributed by atoms with van der Waals surface area (Å²) < 4.78 is 48.3. The van der Waals surface area contributed by atoms with Gasteiger partial charge in [0.25, 0.3) is 5.91 Å². The van der Waals surface area contributed by atoms with Crippen LogP contribution in [0.5, 0.6) is 5.88 Å². The number of ether oxygens (including phenoxy) is 1. The Labute approximate surface area is 182 Å². The molecular formula is C22H20F3N5O2. The van der Waals surface area contributed by atoms with Gasteiger partial charge in [-0.25, -0.2) is 23.1 Å². The number of piperidine rings is 1. The number of hydrogen-bond acceptors (Lipinski definition) is 6. The summed E-state index contributed by atoms with van der Waals surface area (Å²) in [6, 6.07) is 5.17. The maximum atomic E-state index is 14.3. The van der Waals surface area contributed by atoms with E-state index in [1.165, 1.54) is 12.5 Å². The van der Waals surface area contributed by atoms with Crippen molar-refractivity contribution in [2.45, 2.75) is 12.8 Å². The number of hydrogen-bond donors (Lipinski definition) is 2. The van der Waals surface area contributed by atoms with Crippen LogP contribution in [0.4, 0.5) is 18.9 Å². The molecule has 3 heterocycles. The van der Waals surface area contributed by atoms with Crippen LogP contribution in [-0.2, 0) is 0 Å². The van der Waals surface area contributed by atoms with Crippen LogP contribution in [0.1, 0.15) is 23.3 Å². The van der Waals surface area contributed by atoms with Gasteiger partial charge < -0.3 is 15.4 Å². The molecule has 1 atom stereocenters. The second-order valence-electron chi connectivity index (χ2n) is 7.34.